The quantitative estimate of drug-likeness (QED) is 0.754. The third-order valence-corrected chi connectivity index (χ3v) is 3.69. The van der Waals surface area contributed by atoms with Gasteiger partial charge in [0, 0.05) is 19.4 Å². The van der Waals surface area contributed by atoms with Gasteiger partial charge in [0.15, 0.2) is 0 Å². The number of aryl methyl sites for hydroxylation is 2. The minimum Gasteiger partial charge on any atom is -0.383 e. The number of methoxy groups -OCH3 is 1. The van der Waals surface area contributed by atoms with Crippen molar-refractivity contribution < 1.29 is 4.74 Å². The standard InChI is InChI=1S/C15H21ClN2O/c1-4-12(10-19-3)18-14(8-9-16)17-13-7-5-6-11(2)15(13)18/h5-7,12H,4,8-10H2,1-3H3. The van der Waals surface area contributed by atoms with E-state index in [1.54, 1.807) is 7.11 Å². The van der Waals surface area contributed by atoms with Crippen LogP contribution in [0.1, 0.15) is 30.8 Å². The molecular formula is C15H21ClN2O. The summed E-state index contributed by atoms with van der Waals surface area (Å²) in [5, 5.41) is 0. The number of rotatable bonds is 6. The van der Waals surface area contributed by atoms with Gasteiger partial charge in [-0.15, -0.1) is 11.6 Å². The predicted molar refractivity (Wildman–Crippen MR) is 80.1 cm³/mol. The largest absolute Gasteiger partial charge is 0.383 e. The van der Waals surface area contributed by atoms with E-state index in [9.17, 15) is 0 Å². The van der Waals surface area contributed by atoms with Gasteiger partial charge in [-0.2, -0.15) is 0 Å². The lowest BCUT2D eigenvalue weighted by atomic mass is 10.1. The first-order valence-electron chi connectivity index (χ1n) is 6.74. The number of aromatic nitrogens is 2. The third-order valence-electron chi connectivity index (χ3n) is 3.50. The lowest BCUT2D eigenvalue weighted by Gasteiger charge is -2.20. The number of para-hydroxylation sites is 1. The van der Waals surface area contributed by atoms with Crippen LogP contribution >= 0.6 is 11.6 Å². The van der Waals surface area contributed by atoms with Gasteiger partial charge >= 0.3 is 0 Å². The zero-order valence-corrected chi connectivity index (χ0v) is 12.6. The molecule has 19 heavy (non-hydrogen) atoms. The normalized spacial score (nSPS) is 13.1. The van der Waals surface area contributed by atoms with E-state index in [0.717, 1.165) is 24.2 Å². The van der Waals surface area contributed by atoms with E-state index in [-0.39, 0.29) is 0 Å². The lowest BCUT2D eigenvalue weighted by Crippen LogP contribution is -2.17. The summed E-state index contributed by atoms with van der Waals surface area (Å²) < 4.78 is 7.68. The van der Waals surface area contributed by atoms with Crippen molar-refractivity contribution in [1.29, 1.82) is 0 Å². The van der Waals surface area contributed by atoms with Crippen molar-refractivity contribution in [1.82, 2.24) is 9.55 Å². The third kappa shape index (κ3) is 2.77. The highest BCUT2D eigenvalue weighted by Gasteiger charge is 2.18. The molecule has 4 heteroatoms. The maximum atomic E-state index is 5.92. The highest BCUT2D eigenvalue weighted by Crippen LogP contribution is 2.26. The summed E-state index contributed by atoms with van der Waals surface area (Å²) in [7, 11) is 1.75. The van der Waals surface area contributed by atoms with Crippen molar-refractivity contribution in [3.05, 3.63) is 29.6 Å². The topological polar surface area (TPSA) is 27.1 Å². The molecule has 0 saturated heterocycles. The summed E-state index contributed by atoms with van der Waals surface area (Å²) in [6.45, 7) is 5.01. The second-order valence-electron chi connectivity index (χ2n) is 4.80. The molecule has 0 spiro atoms. The van der Waals surface area contributed by atoms with Crippen molar-refractivity contribution in [3.8, 4) is 0 Å². The highest BCUT2D eigenvalue weighted by molar-refractivity contribution is 6.17. The minimum atomic E-state index is 0.314. The van der Waals surface area contributed by atoms with Crippen LogP contribution in [0.25, 0.3) is 11.0 Å². The number of fused-ring (bicyclic) bond motifs is 1. The Kier molecular flexibility index (Phi) is 4.83. The Balaban J connectivity index is 2.62. The SMILES string of the molecule is CCC(COC)n1c(CCCl)nc2cccc(C)c21. The summed E-state index contributed by atoms with van der Waals surface area (Å²) in [4.78, 5) is 4.74. The van der Waals surface area contributed by atoms with E-state index in [2.05, 4.69) is 36.6 Å². The smallest absolute Gasteiger partial charge is 0.111 e. The Morgan fingerprint density at radius 1 is 1.42 bits per heavy atom. The molecule has 1 unspecified atom stereocenters. The van der Waals surface area contributed by atoms with Gasteiger partial charge in [-0.1, -0.05) is 19.1 Å². The first-order valence-corrected chi connectivity index (χ1v) is 7.27. The summed E-state index contributed by atoms with van der Waals surface area (Å²) in [6, 6.07) is 6.56. The first-order chi connectivity index (χ1) is 9.22. The molecule has 1 heterocycles. The van der Waals surface area contributed by atoms with Crippen LogP contribution in [0.5, 0.6) is 0 Å². The summed E-state index contributed by atoms with van der Waals surface area (Å²) >= 11 is 5.92. The Hall–Kier alpha value is -1.06. The van der Waals surface area contributed by atoms with E-state index < -0.39 is 0 Å². The highest BCUT2D eigenvalue weighted by atomic mass is 35.5. The van der Waals surface area contributed by atoms with Gasteiger partial charge in [0.2, 0.25) is 0 Å². The first kappa shape index (κ1) is 14.4. The molecular weight excluding hydrogens is 260 g/mol. The summed E-state index contributed by atoms with van der Waals surface area (Å²) in [6.07, 6.45) is 1.80. The Labute approximate surface area is 119 Å². The number of hydrogen-bond acceptors (Lipinski definition) is 2. The molecule has 0 aliphatic carbocycles. The molecule has 0 radical (unpaired) electrons. The van der Waals surface area contributed by atoms with E-state index in [4.69, 9.17) is 21.3 Å². The van der Waals surface area contributed by atoms with Gasteiger partial charge < -0.3 is 9.30 Å². The molecule has 0 saturated carbocycles. The molecule has 0 N–H and O–H groups in total. The molecule has 3 nitrogen and oxygen atoms in total. The number of alkyl halides is 1. The molecule has 0 amide bonds. The molecule has 2 aromatic rings. The van der Waals surface area contributed by atoms with E-state index in [0.29, 0.717) is 18.5 Å². The monoisotopic (exact) mass is 280 g/mol. The molecule has 0 aliphatic rings. The fourth-order valence-electron chi connectivity index (χ4n) is 2.59. The van der Waals surface area contributed by atoms with E-state index in [1.165, 1.54) is 11.1 Å². The van der Waals surface area contributed by atoms with Crippen LogP contribution in [0, 0.1) is 6.92 Å². The van der Waals surface area contributed by atoms with Gasteiger partial charge in [-0.3, -0.25) is 0 Å². The number of benzene rings is 1. The van der Waals surface area contributed by atoms with Crippen LogP contribution in [-0.4, -0.2) is 29.1 Å². The van der Waals surface area contributed by atoms with Crippen LogP contribution in [0.4, 0.5) is 0 Å². The molecule has 1 aromatic heterocycles. The molecule has 1 aromatic carbocycles. The van der Waals surface area contributed by atoms with Crippen molar-refractivity contribution >= 4 is 22.6 Å². The number of hydrogen-bond donors (Lipinski definition) is 0. The average Bonchev–Trinajstić information content (AvgIpc) is 2.76. The zero-order chi connectivity index (χ0) is 13.8. The predicted octanol–water partition coefficient (Wildman–Crippen LogP) is 3.72. The maximum absolute atomic E-state index is 5.92. The summed E-state index contributed by atoms with van der Waals surface area (Å²) in [5.74, 6) is 1.65. The van der Waals surface area contributed by atoms with Crippen LogP contribution in [0.3, 0.4) is 0 Å². The number of halogens is 1. The summed E-state index contributed by atoms with van der Waals surface area (Å²) in [5.41, 5.74) is 3.52. The molecule has 1 atom stereocenters. The number of imidazole rings is 1. The van der Waals surface area contributed by atoms with Gasteiger partial charge in [0.25, 0.3) is 0 Å². The molecule has 0 aliphatic heterocycles. The van der Waals surface area contributed by atoms with Gasteiger partial charge in [0.05, 0.1) is 23.7 Å². The maximum Gasteiger partial charge on any atom is 0.111 e. The van der Waals surface area contributed by atoms with Crippen molar-refractivity contribution in [2.75, 3.05) is 19.6 Å². The van der Waals surface area contributed by atoms with Gasteiger partial charge in [-0.25, -0.2) is 4.98 Å². The lowest BCUT2D eigenvalue weighted by molar-refractivity contribution is 0.153. The molecule has 104 valence electrons. The van der Waals surface area contributed by atoms with E-state index in [1.807, 2.05) is 0 Å². The van der Waals surface area contributed by atoms with Crippen LogP contribution < -0.4 is 0 Å². The van der Waals surface area contributed by atoms with Crippen LogP contribution in [0.2, 0.25) is 0 Å². The van der Waals surface area contributed by atoms with Gasteiger partial charge in [0.1, 0.15) is 5.82 Å². The molecule has 2 rings (SSSR count). The minimum absolute atomic E-state index is 0.314. The number of ether oxygens (including phenoxy) is 1. The Morgan fingerprint density at radius 2 is 2.21 bits per heavy atom. The molecule has 0 fully saturated rings. The number of nitrogens with zero attached hydrogens (tertiary/aromatic N) is 2. The van der Waals surface area contributed by atoms with E-state index >= 15 is 0 Å². The second-order valence-corrected chi connectivity index (χ2v) is 5.18. The van der Waals surface area contributed by atoms with Gasteiger partial charge in [-0.05, 0) is 25.0 Å². The Morgan fingerprint density at radius 3 is 2.84 bits per heavy atom. The van der Waals surface area contributed by atoms with Crippen LogP contribution in [-0.2, 0) is 11.2 Å². The fraction of sp³-hybridized carbons (Fsp3) is 0.533. The van der Waals surface area contributed by atoms with Crippen LogP contribution in [0.15, 0.2) is 18.2 Å². The van der Waals surface area contributed by atoms with Crippen molar-refractivity contribution in [2.45, 2.75) is 32.7 Å². The fourth-order valence-corrected chi connectivity index (χ4v) is 2.76. The van der Waals surface area contributed by atoms with Crippen molar-refractivity contribution in [3.63, 3.8) is 0 Å². The molecule has 0 bridgehead atoms. The Bertz CT molecular complexity index is 550. The zero-order valence-electron chi connectivity index (χ0n) is 11.8. The average molecular weight is 281 g/mol. The second kappa shape index (κ2) is 6.40. The van der Waals surface area contributed by atoms with Crippen molar-refractivity contribution in [2.24, 2.45) is 0 Å².